The van der Waals surface area contributed by atoms with E-state index in [2.05, 4.69) is 10.2 Å². The molecule has 0 amide bonds. The molecular formula is C35H43F2N3O5. The molecule has 1 N–H and O–H groups in total. The van der Waals surface area contributed by atoms with Crippen molar-refractivity contribution in [3.05, 3.63) is 58.8 Å². The molecule has 1 atom stereocenters. The number of alkyl halides is 2. The monoisotopic (exact) mass is 623 g/mol. The molecule has 3 aromatic rings. The highest BCUT2D eigenvalue weighted by Gasteiger charge is 2.58. The van der Waals surface area contributed by atoms with Crippen LogP contribution in [0, 0.1) is 12.3 Å². The Morgan fingerprint density at radius 2 is 1.82 bits per heavy atom. The molecule has 1 unspecified atom stereocenters. The van der Waals surface area contributed by atoms with E-state index in [4.69, 9.17) is 14.2 Å². The molecule has 1 aromatic heterocycles. The summed E-state index contributed by atoms with van der Waals surface area (Å²) in [5, 5.41) is 4.48. The van der Waals surface area contributed by atoms with Crippen molar-refractivity contribution in [1.29, 1.82) is 0 Å². The number of rotatable bonds is 7. The SMILES string of the molecule is COC(=O)c1ccc(C2CC3(CCN2Cc2c(OC)cc(C)c4c2ccn4C(=O)OC(C)(C)C)CC(F)(F)C3)c(NC2CC2)c1. The van der Waals surface area contributed by atoms with E-state index in [0.29, 0.717) is 43.3 Å². The first-order valence-corrected chi connectivity index (χ1v) is 15.7. The van der Waals surface area contributed by atoms with Gasteiger partial charge in [0.25, 0.3) is 0 Å². The van der Waals surface area contributed by atoms with Gasteiger partial charge < -0.3 is 19.5 Å². The molecule has 1 spiro atoms. The summed E-state index contributed by atoms with van der Waals surface area (Å²) in [6.07, 6.45) is 4.40. The largest absolute Gasteiger partial charge is 0.496 e. The van der Waals surface area contributed by atoms with Gasteiger partial charge in [-0.05, 0) is 101 Å². The number of fused-ring (bicyclic) bond motifs is 1. The number of hydrogen-bond donors (Lipinski definition) is 1. The zero-order valence-electron chi connectivity index (χ0n) is 27.0. The van der Waals surface area contributed by atoms with E-state index >= 15 is 0 Å². The van der Waals surface area contributed by atoms with Crippen LogP contribution in [-0.2, 0) is 16.0 Å². The van der Waals surface area contributed by atoms with Gasteiger partial charge in [-0.25, -0.2) is 18.4 Å². The lowest BCUT2D eigenvalue weighted by molar-refractivity contribution is -0.186. The Labute approximate surface area is 263 Å². The van der Waals surface area contributed by atoms with E-state index in [0.717, 1.165) is 46.1 Å². The van der Waals surface area contributed by atoms with Crippen LogP contribution >= 0.6 is 0 Å². The highest BCUT2D eigenvalue weighted by Crippen LogP contribution is 2.61. The number of halogens is 2. The van der Waals surface area contributed by atoms with Crippen molar-refractivity contribution < 1.29 is 32.6 Å². The number of carbonyl (C=O) groups is 2. The average Bonchev–Trinajstić information content (AvgIpc) is 3.65. The number of hydrogen-bond acceptors (Lipinski definition) is 7. The van der Waals surface area contributed by atoms with Crippen molar-refractivity contribution in [2.45, 2.75) is 96.4 Å². The van der Waals surface area contributed by atoms with Crippen LogP contribution in [0.5, 0.6) is 5.75 Å². The van der Waals surface area contributed by atoms with E-state index in [1.165, 1.54) is 7.11 Å². The van der Waals surface area contributed by atoms with Crippen LogP contribution in [-0.4, -0.2) is 59.9 Å². The molecule has 242 valence electrons. The fourth-order valence-corrected chi connectivity index (χ4v) is 7.28. The van der Waals surface area contributed by atoms with Gasteiger partial charge in [0.05, 0.1) is 25.3 Å². The number of likely N-dealkylation sites (tertiary alicyclic amines) is 1. The fraction of sp³-hybridized carbons (Fsp3) is 0.543. The second-order valence-corrected chi connectivity index (χ2v) is 14.2. The number of aryl methyl sites for hydroxylation is 1. The number of carbonyl (C=O) groups excluding carboxylic acids is 2. The molecule has 2 heterocycles. The minimum Gasteiger partial charge on any atom is -0.496 e. The topological polar surface area (TPSA) is 82.0 Å². The second kappa shape index (κ2) is 11.3. The van der Waals surface area contributed by atoms with Gasteiger partial charge in [-0.1, -0.05) is 6.07 Å². The lowest BCUT2D eigenvalue weighted by Crippen LogP contribution is -2.53. The maximum Gasteiger partial charge on any atom is 0.419 e. The molecule has 1 saturated heterocycles. The van der Waals surface area contributed by atoms with Crippen molar-refractivity contribution in [2.24, 2.45) is 5.41 Å². The first-order chi connectivity index (χ1) is 21.2. The number of methoxy groups -OCH3 is 2. The van der Waals surface area contributed by atoms with E-state index in [1.54, 1.807) is 23.9 Å². The second-order valence-electron chi connectivity index (χ2n) is 14.2. The molecule has 3 aliphatic rings. The molecule has 45 heavy (non-hydrogen) atoms. The highest BCUT2D eigenvalue weighted by molar-refractivity contribution is 5.95. The lowest BCUT2D eigenvalue weighted by atomic mass is 9.58. The molecule has 3 fully saturated rings. The number of nitrogens with zero attached hydrogens (tertiary/aromatic N) is 2. The van der Waals surface area contributed by atoms with Crippen molar-refractivity contribution in [2.75, 3.05) is 26.1 Å². The van der Waals surface area contributed by atoms with Crippen LogP contribution in [0.3, 0.4) is 0 Å². The van der Waals surface area contributed by atoms with Crippen molar-refractivity contribution in [3.8, 4) is 5.75 Å². The number of ether oxygens (including phenoxy) is 3. The van der Waals surface area contributed by atoms with Crippen molar-refractivity contribution >= 4 is 28.7 Å². The number of esters is 1. The summed E-state index contributed by atoms with van der Waals surface area (Å²) in [6, 6.07) is 9.54. The standard InChI is InChI=1S/C35H43F2N3O5/c1-21-15-29(43-5)26(24-11-13-40(30(21)24)32(42)45-33(2,3)4)18-39-14-12-34(19-35(36,37)20-34)17-28(39)25-10-7-22(31(41)44-6)16-27(25)38-23-8-9-23/h7,10-11,13,15-16,23,28,38H,8-9,12,14,17-20H2,1-6H3. The third-order valence-corrected chi connectivity index (χ3v) is 9.44. The lowest BCUT2D eigenvalue weighted by Gasteiger charge is -2.55. The van der Waals surface area contributed by atoms with Crippen molar-refractivity contribution in [3.63, 3.8) is 0 Å². The third-order valence-electron chi connectivity index (χ3n) is 9.44. The van der Waals surface area contributed by atoms with Crippen LogP contribution in [0.1, 0.15) is 92.4 Å². The van der Waals surface area contributed by atoms with Gasteiger partial charge in [0.2, 0.25) is 5.92 Å². The summed E-state index contributed by atoms with van der Waals surface area (Å²) in [4.78, 5) is 28.0. The molecule has 8 nitrogen and oxygen atoms in total. The first-order valence-electron chi connectivity index (χ1n) is 15.7. The van der Waals surface area contributed by atoms with Crippen LogP contribution in [0.15, 0.2) is 36.5 Å². The molecule has 10 heteroatoms. The van der Waals surface area contributed by atoms with Crippen LogP contribution in [0.25, 0.3) is 10.9 Å². The fourth-order valence-electron chi connectivity index (χ4n) is 7.28. The Morgan fingerprint density at radius 1 is 1.09 bits per heavy atom. The van der Waals surface area contributed by atoms with Gasteiger partial charge in [0, 0.05) is 54.3 Å². The van der Waals surface area contributed by atoms with Crippen LogP contribution in [0.4, 0.5) is 19.3 Å². The Kier molecular flexibility index (Phi) is 7.86. The molecule has 2 aromatic carbocycles. The van der Waals surface area contributed by atoms with E-state index < -0.39 is 29.0 Å². The van der Waals surface area contributed by atoms with Crippen LogP contribution in [0.2, 0.25) is 0 Å². The molecule has 2 aliphatic carbocycles. The maximum atomic E-state index is 14.3. The molecule has 1 aliphatic heterocycles. The minimum absolute atomic E-state index is 0.104. The Balaban J connectivity index is 1.41. The summed E-state index contributed by atoms with van der Waals surface area (Å²) in [6.45, 7) is 8.55. The van der Waals surface area contributed by atoms with Gasteiger partial charge in [-0.15, -0.1) is 0 Å². The van der Waals surface area contributed by atoms with E-state index in [9.17, 15) is 18.4 Å². The Morgan fingerprint density at radius 3 is 2.44 bits per heavy atom. The zero-order valence-corrected chi connectivity index (χ0v) is 27.0. The predicted octanol–water partition coefficient (Wildman–Crippen LogP) is 7.86. The number of anilines is 1. The molecule has 2 saturated carbocycles. The molecule has 0 radical (unpaired) electrons. The van der Waals surface area contributed by atoms with Gasteiger partial charge in [-0.2, -0.15) is 0 Å². The normalized spacial score (nSPS) is 20.9. The quantitative estimate of drug-likeness (QED) is 0.269. The van der Waals surface area contributed by atoms with Crippen LogP contribution < -0.4 is 10.1 Å². The predicted molar refractivity (Wildman–Crippen MR) is 168 cm³/mol. The Bertz CT molecular complexity index is 1630. The summed E-state index contributed by atoms with van der Waals surface area (Å²) in [5.41, 5.74) is 3.74. The summed E-state index contributed by atoms with van der Waals surface area (Å²) < 4.78 is 46.8. The van der Waals surface area contributed by atoms with Gasteiger partial charge in [0.1, 0.15) is 11.4 Å². The minimum atomic E-state index is -2.63. The zero-order chi connectivity index (χ0) is 32.3. The molecule has 0 bridgehead atoms. The van der Waals surface area contributed by atoms with Gasteiger partial charge in [0.15, 0.2) is 0 Å². The van der Waals surface area contributed by atoms with Crippen molar-refractivity contribution in [1.82, 2.24) is 9.47 Å². The highest BCUT2D eigenvalue weighted by atomic mass is 19.3. The smallest absolute Gasteiger partial charge is 0.419 e. The number of nitrogens with one attached hydrogen (secondary N) is 1. The number of benzene rings is 2. The number of aromatic nitrogens is 1. The van der Waals surface area contributed by atoms with Gasteiger partial charge >= 0.3 is 12.1 Å². The average molecular weight is 624 g/mol. The third kappa shape index (κ3) is 6.26. The van der Waals surface area contributed by atoms with Gasteiger partial charge in [-0.3, -0.25) is 9.47 Å². The molecular weight excluding hydrogens is 580 g/mol. The first kappa shape index (κ1) is 31.3. The summed E-state index contributed by atoms with van der Waals surface area (Å²) >= 11 is 0. The summed E-state index contributed by atoms with van der Waals surface area (Å²) in [7, 11) is 3.00. The van der Waals surface area contributed by atoms with E-state index in [-0.39, 0.29) is 18.9 Å². The van der Waals surface area contributed by atoms with E-state index in [1.807, 2.05) is 52.0 Å². The molecule has 6 rings (SSSR count). The number of piperidine rings is 1. The maximum absolute atomic E-state index is 14.3. The summed E-state index contributed by atoms with van der Waals surface area (Å²) in [5.74, 6) is -2.35. The Hall–Kier alpha value is -3.66.